The fourth-order valence-electron chi connectivity index (χ4n) is 4.72. The highest BCUT2D eigenvalue weighted by molar-refractivity contribution is 5.89. The number of ether oxygens (including phenoxy) is 1. The molecule has 3 aromatic rings. The summed E-state index contributed by atoms with van der Waals surface area (Å²) in [6, 6.07) is 13.4. The lowest BCUT2D eigenvalue weighted by Crippen LogP contribution is -2.42. The number of fused-ring (bicyclic) bond motifs is 1. The molecular formula is C26H27FN2O3. The van der Waals surface area contributed by atoms with Crippen LogP contribution in [0.5, 0.6) is 0 Å². The molecule has 1 saturated heterocycles. The number of H-pyrrole nitrogens is 1. The van der Waals surface area contributed by atoms with Gasteiger partial charge in [-0.2, -0.15) is 9.49 Å². The third-order valence-electron chi connectivity index (χ3n) is 5.60. The predicted octanol–water partition coefficient (Wildman–Crippen LogP) is 5.97. The molecule has 1 aliphatic rings. The summed E-state index contributed by atoms with van der Waals surface area (Å²) in [5.41, 5.74) is 4.89. The topological polar surface area (TPSA) is 75.2 Å². The van der Waals surface area contributed by atoms with Crippen molar-refractivity contribution in [2.45, 2.75) is 51.7 Å². The van der Waals surface area contributed by atoms with Crippen molar-refractivity contribution in [3.8, 4) is 0 Å². The maximum atomic E-state index is 14.3. The molecule has 1 aliphatic heterocycles. The van der Waals surface area contributed by atoms with Crippen molar-refractivity contribution in [3.05, 3.63) is 76.8 Å². The molecule has 2 aromatic carbocycles. The van der Waals surface area contributed by atoms with Crippen molar-refractivity contribution in [3.63, 3.8) is 0 Å². The van der Waals surface area contributed by atoms with E-state index >= 15 is 0 Å². The first-order valence-corrected chi connectivity index (χ1v) is 10.6. The minimum Gasteiger partial charge on any atom is -0.478 e. The fraction of sp³-hybridized carbons (Fsp3) is 0.308. The van der Waals surface area contributed by atoms with E-state index in [-0.39, 0.29) is 11.2 Å². The van der Waals surface area contributed by atoms with Crippen LogP contribution >= 0.6 is 0 Å². The largest absolute Gasteiger partial charge is 0.478 e. The summed E-state index contributed by atoms with van der Waals surface area (Å²) < 4.78 is 20.6. The molecule has 6 heteroatoms. The van der Waals surface area contributed by atoms with Crippen molar-refractivity contribution < 1.29 is 19.0 Å². The minimum atomic E-state index is -0.987. The van der Waals surface area contributed by atoms with Gasteiger partial charge in [-0.25, -0.2) is 4.79 Å². The molecule has 166 valence electrons. The molecule has 32 heavy (non-hydrogen) atoms. The number of carboxylic acid groups (broad SMARTS) is 1. The van der Waals surface area contributed by atoms with Crippen LogP contribution in [0.15, 0.2) is 54.1 Å². The zero-order valence-electron chi connectivity index (χ0n) is 18.7. The second-order valence-electron chi connectivity index (χ2n) is 9.52. The number of carbonyl (C=O) groups is 1. The number of aromatic nitrogens is 2. The molecule has 5 nitrogen and oxygen atoms in total. The Morgan fingerprint density at radius 1 is 1.06 bits per heavy atom. The maximum Gasteiger partial charge on any atom is 0.328 e. The lowest BCUT2D eigenvalue weighted by Gasteiger charge is -2.43. The van der Waals surface area contributed by atoms with Crippen LogP contribution in [0.1, 0.15) is 57.2 Å². The number of rotatable bonds is 4. The van der Waals surface area contributed by atoms with Crippen LogP contribution in [0.25, 0.3) is 22.6 Å². The lowest BCUT2D eigenvalue weighted by molar-refractivity contribution is -0.138. The minimum absolute atomic E-state index is 0.336. The number of benzene rings is 2. The van der Waals surface area contributed by atoms with Gasteiger partial charge in [-0.05, 0) is 81.0 Å². The highest BCUT2D eigenvalue weighted by Crippen LogP contribution is 2.43. The van der Waals surface area contributed by atoms with Crippen LogP contribution in [0.2, 0.25) is 0 Å². The maximum absolute atomic E-state index is 14.3. The van der Waals surface area contributed by atoms with Gasteiger partial charge < -0.3 is 9.84 Å². The Hall–Kier alpha value is -3.25. The van der Waals surface area contributed by atoms with Gasteiger partial charge >= 0.3 is 5.97 Å². The van der Waals surface area contributed by atoms with Gasteiger partial charge in [0.2, 0.25) is 5.95 Å². The van der Waals surface area contributed by atoms with Crippen molar-refractivity contribution in [1.82, 2.24) is 10.2 Å². The second kappa shape index (κ2) is 8.02. The number of aliphatic carboxylic acids is 1. The monoisotopic (exact) mass is 434 g/mol. The second-order valence-corrected chi connectivity index (χ2v) is 9.52. The first-order valence-electron chi connectivity index (χ1n) is 10.6. The molecule has 2 heterocycles. The van der Waals surface area contributed by atoms with Gasteiger partial charge in [0.15, 0.2) is 0 Å². The van der Waals surface area contributed by atoms with Crippen molar-refractivity contribution in [2.75, 3.05) is 0 Å². The van der Waals surface area contributed by atoms with Gasteiger partial charge in [-0.1, -0.05) is 35.9 Å². The Kier molecular flexibility index (Phi) is 5.51. The third kappa shape index (κ3) is 4.65. The highest BCUT2D eigenvalue weighted by atomic mass is 19.1. The molecule has 1 aromatic heterocycles. The Morgan fingerprint density at radius 3 is 2.31 bits per heavy atom. The summed E-state index contributed by atoms with van der Waals surface area (Å²) >= 11 is 0. The summed E-state index contributed by atoms with van der Waals surface area (Å²) in [4.78, 5) is 10.8. The Labute approximate surface area is 186 Å². The molecule has 0 bridgehead atoms. The first kappa shape index (κ1) is 22.0. The first-order chi connectivity index (χ1) is 15.0. The van der Waals surface area contributed by atoms with E-state index in [1.54, 1.807) is 6.08 Å². The van der Waals surface area contributed by atoms with Crippen LogP contribution in [0, 0.1) is 5.95 Å². The van der Waals surface area contributed by atoms with E-state index in [1.807, 2.05) is 42.5 Å². The molecule has 0 saturated carbocycles. The van der Waals surface area contributed by atoms with Crippen LogP contribution in [-0.4, -0.2) is 32.5 Å². The predicted molar refractivity (Wildman–Crippen MR) is 124 cm³/mol. The number of halogens is 1. The molecule has 0 amide bonds. The van der Waals surface area contributed by atoms with Gasteiger partial charge in [-0.15, -0.1) is 0 Å². The van der Waals surface area contributed by atoms with E-state index < -0.39 is 11.9 Å². The van der Waals surface area contributed by atoms with Gasteiger partial charge in [-0.3, -0.25) is 5.10 Å². The van der Waals surface area contributed by atoms with Crippen LogP contribution in [0.4, 0.5) is 4.39 Å². The molecule has 1 fully saturated rings. The Balaban J connectivity index is 1.88. The molecule has 0 unspecified atom stereocenters. The fourth-order valence-corrected chi connectivity index (χ4v) is 4.72. The number of hydrogen-bond donors (Lipinski definition) is 2. The SMILES string of the molecule is CC1(C)CC(=C(c2ccc(/C=C/C(=O)O)cc2)c2ccc3n[nH]c(F)c3c2)CC(C)(C)O1. The van der Waals surface area contributed by atoms with E-state index in [9.17, 15) is 9.18 Å². The average molecular weight is 435 g/mol. The van der Waals surface area contributed by atoms with E-state index in [0.717, 1.165) is 41.2 Å². The lowest BCUT2D eigenvalue weighted by atomic mass is 9.79. The smallest absolute Gasteiger partial charge is 0.328 e. The van der Waals surface area contributed by atoms with Gasteiger partial charge in [0, 0.05) is 6.08 Å². The van der Waals surface area contributed by atoms with Crippen LogP contribution in [0.3, 0.4) is 0 Å². The highest BCUT2D eigenvalue weighted by Gasteiger charge is 2.37. The number of carboxylic acids is 1. The number of hydrogen-bond acceptors (Lipinski definition) is 3. The zero-order chi connectivity index (χ0) is 23.1. The third-order valence-corrected chi connectivity index (χ3v) is 5.60. The average Bonchev–Trinajstić information content (AvgIpc) is 3.06. The van der Waals surface area contributed by atoms with Gasteiger partial charge in [0.05, 0.1) is 22.1 Å². The summed E-state index contributed by atoms with van der Waals surface area (Å²) in [5.74, 6) is -1.44. The van der Waals surface area contributed by atoms with Crippen molar-refractivity contribution in [1.29, 1.82) is 0 Å². The molecule has 0 radical (unpaired) electrons. The summed E-state index contributed by atoms with van der Waals surface area (Å²) in [6.45, 7) is 8.35. The molecule has 4 rings (SSSR count). The molecule has 2 N–H and O–H groups in total. The van der Waals surface area contributed by atoms with E-state index in [4.69, 9.17) is 9.84 Å². The van der Waals surface area contributed by atoms with E-state index in [0.29, 0.717) is 10.9 Å². The molecular weight excluding hydrogens is 407 g/mol. The summed E-state index contributed by atoms with van der Waals surface area (Å²) in [6.07, 6.45) is 4.18. The summed E-state index contributed by atoms with van der Waals surface area (Å²) in [5, 5.41) is 15.7. The summed E-state index contributed by atoms with van der Waals surface area (Å²) in [7, 11) is 0. The van der Waals surface area contributed by atoms with Crippen LogP contribution < -0.4 is 0 Å². The zero-order valence-corrected chi connectivity index (χ0v) is 18.7. The number of nitrogens with one attached hydrogen (secondary N) is 1. The van der Waals surface area contributed by atoms with Gasteiger partial charge in [0.1, 0.15) is 0 Å². The molecule has 0 atom stereocenters. The number of nitrogens with zero attached hydrogens (tertiary/aromatic N) is 1. The van der Waals surface area contributed by atoms with Crippen molar-refractivity contribution in [2.24, 2.45) is 0 Å². The normalized spacial score (nSPS) is 17.7. The van der Waals surface area contributed by atoms with Crippen molar-refractivity contribution >= 4 is 28.5 Å². The van der Waals surface area contributed by atoms with Crippen LogP contribution in [-0.2, 0) is 9.53 Å². The van der Waals surface area contributed by atoms with E-state index in [1.165, 1.54) is 5.57 Å². The quantitative estimate of drug-likeness (QED) is 0.496. The Bertz CT molecular complexity index is 1220. The molecule has 0 aliphatic carbocycles. The molecule has 0 spiro atoms. The van der Waals surface area contributed by atoms with E-state index in [2.05, 4.69) is 37.9 Å². The Morgan fingerprint density at radius 2 is 1.69 bits per heavy atom. The van der Waals surface area contributed by atoms with Gasteiger partial charge in [0.25, 0.3) is 0 Å². The standard InChI is InChI=1S/C26H27FN2O3/c1-25(2)14-19(15-26(3,4)32-25)23(17-8-5-16(6-9-17)7-12-22(30)31)18-10-11-21-20(13-18)24(27)29-28-21/h5-13H,14-15H2,1-4H3,(H,28,29)(H,30,31)/b12-7+. The number of aromatic amines is 1.